The standard InChI is InChI=1S/C25H27N5O6/c1-17(31)27-23(14-18-15-26-22-5-3-2-4-21(18)22)25(33)36-16-24(32)29-12-10-28(11-13-29)19-6-8-20(9-7-19)30(34)35/h2-9,15,23,26H,10-14,16H2,1H3,(H,27,31). The number of anilines is 1. The maximum atomic E-state index is 12.8. The highest BCUT2D eigenvalue weighted by atomic mass is 16.6. The molecule has 11 heteroatoms. The molecule has 1 atom stereocenters. The van der Waals surface area contributed by atoms with Crippen molar-refractivity contribution in [3.63, 3.8) is 0 Å². The molecule has 0 radical (unpaired) electrons. The number of rotatable bonds is 8. The molecule has 36 heavy (non-hydrogen) atoms. The SMILES string of the molecule is CC(=O)NC(Cc1c[nH]c2ccccc12)C(=O)OCC(=O)N1CCN(c2ccc([N+](=O)[O-])cc2)CC1. The van der Waals surface area contributed by atoms with Gasteiger partial charge in [0.2, 0.25) is 5.91 Å². The summed E-state index contributed by atoms with van der Waals surface area (Å²) in [5.41, 5.74) is 2.65. The second-order valence-electron chi connectivity index (χ2n) is 8.57. The van der Waals surface area contributed by atoms with Crippen LogP contribution in [0.1, 0.15) is 12.5 Å². The van der Waals surface area contributed by atoms with Gasteiger partial charge in [-0.3, -0.25) is 19.7 Å². The van der Waals surface area contributed by atoms with Crippen molar-refractivity contribution >= 4 is 40.1 Å². The molecule has 0 spiro atoms. The van der Waals surface area contributed by atoms with Crippen molar-refractivity contribution in [1.29, 1.82) is 0 Å². The molecule has 1 fully saturated rings. The van der Waals surface area contributed by atoms with Crippen LogP contribution in [0.15, 0.2) is 54.7 Å². The van der Waals surface area contributed by atoms with Crippen LogP contribution in [-0.4, -0.2) is 71.4 Å². The molecule has 1 aromatic heterocycles. The number of benzene rings is 2. The Morgan fingerprint density at radius 3 is 2.44 bits per heavy atom. The molecule has 11 nitrogen and oxygen atoms in total. The Hall–Kier alpha value is -4.41. The largest absolute Gasteiger partial charge is 0.454 e. The van der Waals surface area contributed by atoms with Crippen molar-refractivity contribution in [2.24, 2.45) is 0 Å². The second kappa shape index (κ2) is 10.9. The van der Waals surface area contributed by atoms with Crippen LogP contribution in [0.3, 0.4) is 0 Å². The summed E-state index contributed by atoms with van der Waals surface area (Å²) in [6, 6.07) is 13.0. The van der Waals surface area contributed by atoms with Crippen LogP contribution >= 0.6 is 0 Å². The number of carbonyl (C=O) groups is 3. The van der Waals surface area contributed by atoms with E-state index in [1.54, 1.807) is 23.2 Å². The summed E-state index contributed by atoms with van der Waals surface area (Å²) in [5.74, 6) is -1.36. The normalized spacial score (nSPS) is 14.4. The molecule has 2 amide bonds. The Kier molecular flexibility index (Phi) is 7.47. The number of amides is 2. The van der Waals surface area contributed by atoms with E-state index < -0.39 is 23.5 Å². The lowest BCUT2D eigenvalue weighted by molar-refractivity contribution is -0.384. The maximum Gasteiger partial charge on any atom is 0.329 e. The van der Waals surface area contributed by atoms with Gasteiger partial charge in [-0.15, -0.1) is 0 Å². The molecule has 188 valence electrons. The van der Waals surface area contributed by atoms with E-state index in [4.69, 9.17) is 4.74 Å². The number of hydrogen-bond acceptors (Lipinski definition) is 7. The van der Waals surface area contributed by atoms with E-state index in [1.807, 2.05) is 29.2 Å². The number of hydrogen-bond donors (Lipinski definition) is 2. The summed E-state index contributed by atoms with van der Waals surface area (Å²) in [5, 5.41) is 14.4. The molecule has 4 rings (SSSR count). The molecule has 1 aliphatic heterocycles. The zero-order chi connectivity index (χ0) is 25.7. The molecule has 2 N–H and O–H groups in total. The summed E-state index contributed by atoms with van der Waals surface area (Å²) in [7, 11) is 0. The van der Waals surface area contributed by atoms with Crippen molar-refractivity contribution in [2.45, 2.75) is 19.4 Å². The Labute approximate surface area is 207 Å². The minimum absolute atomic E-state index is 0.0247. The lowest BCUT2D eigenvalue weighted by atomic mass is 10.0. The molecule has 2 heterocycles. The third kappa shape index (κ3) is 5.80. The molecule has 0 saturated carbocycles. The van der Waals surface area contributed by atoms with E-state index in [9.17, 15) is 24.5 Å². The molecular formula is C25H27N5O6. The van der Waals surface area contributed by atoms with Gasteiger partial charge in [-0.2, -0.15) is 0 Å². The third-order valence-electron chi connectivity index (χ3n) is 6.16. The number of fused-ring (bicyclic) bond motifs is 1. The number of piperazine rings is 1. The van der Waals surface area contributed by atoms with E-state index in [0.29, 0.717) is 26.2 Å². The monoisotopic (exact) mass is 493 g/mol. The number of H-pyrrole nitrogens is 1. The van der Waals surface area contributed by atoms with Crippen LogP contribution in [0, 0.1) is 10.1 Å². The van der Waals surface area contributed by atoms with Gasteiger partial charge in [-0.1, -0.05) is 18.2 Å². The number of carbonyl (C=O) groups excluding carboxylic acids is 3. The quantitative estimate of drug-likeness (QED) is 0.278. The predicted octanol–water partition coefficient (Wildman–Crippen LogP) is 2.02. The highest BCUT2D eigenvalue weighted by Gasteiger charge is 2.26. The van der Waals surface area contributed by atoms with E-state index in [-0.39, 0.29) is 23.9 Å². The first-order valence-electron chi connectivity index (χ1n) is 11.6. The predicted molar refractivity (Wildman–Crippen MR) is 132 cm³/mol. The molecule has 1 aliphatic rings. The smallest absolute Gasteiger partial charge is 0.329 e. The zero-order valence-electron chi connectivity index (χ0n) is 19.8. The summed E-state index contributed by atoms with van der Waals surface area (Å²) >= 11 is 0. The van der Waals surface area contributed by atoms with Crippen LogP contribution in [0.4, 0.5) is 11.4 Å². The molecular weight excluding hydrogens is 466 g/mol. The Balaban J connectivity index is 1.30. The van der Waals surface area contributed by atoms with E-state index in [0.717, 1.165) is 22.2 Å². The number of nitrogens with one attached hydrogen (secondary N) is 2. The number of nitrogens with zero attached hydrogens (tertiary/aromatic N) is 3. The first-order valence-corrected chi connectivity index (χ1v) is 11.6. The number of ether oxygens (including phenoxy) is 1. The average molecular weight is 494 g/mol. The van der Waals surface area contributed by atoms with Gasteiger partial charge >= 0.3 is 5.97 Å². The van der Waals surface area contributed by atoms with Crippen LogP contribution in [-0.2, 0) is 25.5 Å². The minimum atomic E-state index is -0.923. The van der Waals surface area contributed by atoms with Gasteiger partial charge in [0.25, 0.3) is 11.6 Å². The van der Waals surface area contributed by atoms with Crippen LogP contribution in [0.2, 0.25) is 0 Å². The van der Waals surface area contributed by atoms with Crippen LogP contribution in [0.5, 0.6) is 0 Å². The van der Waals surface area contributed by atoms with Crippen molar-refractivity contribution < 1.29 is 24.0 Å². The molecule has 2 aromatic carbocycles. The number of nitro benzene ring substituents is 1. The van der Waals surface area contributed by atoms with Crippen molar-refractivity contribution in [2.75, 3.05) is 37.7 Å². The summed E-state index contributed by atoms with van der Waals surface area (Å²) in [6.07, 6.45) is 2.02. The molecule has 0 aliphatic carbocycles. The van der Waals surface area contributed by atoms with Crippen molar-refractivity contribution in [3.05, 3.63) is 70.4 Å². The highest BCUT2D eigenvalue weighted by molar-refractivity contribution is 5.88. The zero-order valence-corrected chi connectivity index (χ0v) is 19.8. The maximum absolute atomic E-state index is 12.8. The Morgan fingerprint density at radius 2 is 1.78 bits per heavy atom. The topological polar surface area (TPSA) is 138 Å². The average Bonchev–Trinajstić information content (AvgIpc) is 3.29. The first-order chi connectivity index (χ1) is 17.3. The fourth-order valence-corrected chi connectivity index (χ4v) is 4.28. The molecule has 3 aromatic rings. The Bertz CT molecular complexity index is 1260. The van der Waals surface area contributed by atoms with Gasteiger partial charge in [0.1, 0.15) is 6.04 Å². The summed E-state index contributed by atoms with van der Waals surface area (Å²) in [6.45, 7) is 2.86. The number of aromatic amines is 1. The molecule has 1 unspecified atom stereocenters. The number of aromatic nitrogens is 1. The van der Waals surface area contributed by atoms with E-state index in [1.165, 1.54) is 19.1 Å². The fraction of sp³-hybridized carbons (Fsp3) is 0.320. The minimum Gasteiger partial charge on any atom is -0.454 e. The number of nitro groups is 1. The van der Waals surface area contributed by atoms with Gasteiger partial charge < -0.3 is 24.8 Å². The van der Waals surface area contributed by atoms with E-state index >= 15 is 0 Å². The van der Waals surface area contributed by atoms with Crippen molar-refractivity contribution in [3.8, 4) is 0 Å². The van der Waals surface area contributed by atoms with Gasteiger partial charge in [0.15, 0.2) is 6.61 Å². The van der Waals surface area contributed by atoms with E-state index in [2.05, 4.69) is 10.3 Å². The van der Waals surface area contributed by atoms with Gasteiger partial charge in [-0.05, 0) is 23.8 Å². The van der Waals surface area contributed by atoms with Crippen molar-refractivity contribution in [1.82, 2.24) is 15.2 Å². The van der Waals surface area contributed by atoms with Crippen LogP contribution in [0.25, 0.3) is 10.9 Å². The lowest BCUT2D eigenvalue weighted by Gasteiger charge is -2.36. The second-order valence-corrected chi connectivity index (χ2v) is 8.57. The number of para-hydroxylation sites is 1. The van der Waals surface area contributed by atoms with Gasteiger partial charge in [0, 0.05) is 74.4 Å². The Morgan fingerprint density at radius 1 is 1.08 bits per heavy atom. The van der Waals surface area contributed by atoms with Gasteiger partial charge in [-0.25, -0.2) is 4.79 Å². The number of esters is 1. The highest BCUT2D eigenvalue weighted by Crippen LogP contribution is 2.21. The van der Waals surface area contributed by atoms with Gasteiger partial charge in [0.05, 0.1) is 4.92 Å². The lowest BCUT2D eigenvalue weighted by Crippen LogP contribution is -2.50. The number of non-ortho nitro benzene ring substituents is 1. The third-order valence-corrected chi connectivity index (χ3v) is 6.16. The molecule has 1 saturated heterocycles. The fourth-order valence-electron chi connectivity index (χ4n) is 4.28. The van der Waals surface area contributed by atoms with Crippen LogP contribution < -0.4 is 10.2 Å². The summed E-state index contributed by atoms with van der Waals surface area (Å²) < 4.78 is 5.30. The first kappa shape index (κ1) is 24.7. The summed E-state index contributed by atoms with van der Waals surface area (Å²) in [4.78, 5) is 54.3. The molecule has 0 bridgehead atoms.